The molecule has 98 valence electrons. The molecule has 0 amide bonds. The first-order chi connectivity index (χ1) is 9.15. The molecule has 0 bridgehead atoms. The highest BCUT2D eigenvalue weighted by Crippen LogP contribution is 2.36. The van der Waals surface area contributed by atoms with E-state index in [9.17, 15) is 5.11 Å². The second kappa shape index (κ2) is 3.98. The summed E-state index contributed by atoms with van der Waals surface area (Å²) in [4.78, 5) is 0. The molecule has 0 spiro atoms. The molecule has 2 aromatic heterocycles. The Morgan fingerprint density at radius 1 is 1.16 bits per heavy atom. The van der Waals surface area contributed by atoms with Gasteiger partial charge in [0.05, 0.1) is 19.6 Å². The van der Waals surface area contributed by atoms with Gasteiger partial charge < -0.3 is 14.6 Å². The monoisotopic (exact) mass is 260 g/mol. The van der Waals surface area contributed by atoms with Crippen LogP contribution in [0.15, 0.2) is 12.1 Å². The fraction of sp³-hybridized carbons (Fsp3) is 0.250. The molecule has 7 nitrogen and oxygen atoms in total. The van der Waals surface area contributed by atoms with Gasteiger partial charge in [-0.15, -0.1) is 15.3 Å². The molecule has 0 saturated heterocycles. The Balaban J connectivity index is 2.53. The van der Waals surface area contributed by atoms with Crippen LogP contribution in [0.4, 0.5) is 0 Å². The van der Waals surface area contributed by atoms with Crippen LogP contribution in [0, 0.1) is 0 Å². The molecule has 7 heteroatoms. The van der Waals surface area contributed by atoms with Crippen LogP contribution in [0.3, 0.4) is 0 Å². The van der Waals surface area contributed by atoms with Gasteiger partial charge in [0.2, 0.25) is 5.88 Å². The molecular weight excluding hydrogens is 248 g/mol. The first-order valence-electron chi connectivity index (χ1n) is 5.59. The number of aromatic nitrogens is 4. The van der Waals surface area contributed by atoms with Crippen molar-refractivity contribution in [2.75, 3.05) is 14.2 Å². The molecule has 0 aliphatic rings. The average molecular weight is 260 g/mol. The predicted octanol–water partition coefficient (Wildman–Crippen LogP) is 1.24. The van der Waals surface area contributed by atoms with Crippen molar-refractivity contribution in [2.45, 2.75) is 0 Å². The van der Waals surface area contributed by atoms with Crippen LogP contribution < -0.4 is 9.47 Å². The zero-order chi connectivity index (χ0) is 13.6. The molecule has 0 aliphatic heterocycles. The standard InChI is InChI=1S/C12H12N4O3/c1-16-11-9(12(17)15-16)7-4-6(18-2)5-8(19-3)10(7)13-14-11/h4-5H,1-3H3,(H,15,17). The van der Waals surface area contributed by atoms with Crippen molar-refractivity contribution < 1.29 is 14.6 Å². The fourth-order valence-corrected chi connectivity index (χ4v) is 2.10. The van der Waals surface area contributed by atoms with E-state index in [4.69, 9.17) is 9.47 Å². The summed E-state index contributed by atoms with van der Waals surface area (Å²) >= 11 is 0. The normalized spacial score (nSPS) is 11.1. The van der Waals surface area contributed by atoms with Gasteiger partial charge in [-0.3, -0.25) is 0 Å². The summed E-state index contributed by atoms with van der Waals surface area (Å²) in [6.45, 7) is 0. The molecule has 3 rings (SSSR count). The van der Waals surface area contributed by atoms with Crippen LogP contribution in [0.1, 0.15) is 0 Å². The van der Waals surface area contributed by atoms with Gasteiger partial charge in [-0.05, 0) is 6.07 Å². The average Bonchev–Trinajstić information content (AvgIpc) is 2.72. The SMILES string of the molecule is COc1cc(OC)c2nnc3c(c(O)nn3C)c2c1. The highest BCUT2D eigenvalue weighted by molar-refractivity contribution is 6.07. The second-order valence-electron chi connectivity index (χ2n) is 4.07. The van der Waals surface area contributed by atoms with E-state index in [1.165, 1.54) is 4.68 Å². The Bertz CT molecular complexity index is 782. The van der Waals surface area contributed by atoms with E-state index in [-0.39, 0.29) is 5.88 Å². The van der Waals surface area contributed by atoms with Crippen LogP contribution >= 0.6 is 0 Å². The van der Waals surface area contributed by atoms with Crippen LogP contribution in [0.25, 0.3) is 21.9 Å². The van der Waals surface area contributed by atoms with Crippen LogP contribution in [0.5, 0.6) is 17.4 Å². The molecule has 1 aromatic carbocycles. The maximum atomic E-state index is 9.94. The Hall–Kier alpha value is -2.57. The number of hydrogen-bond acceptors (Lipinski definition) is 6. The Labute approximate surface area is 108 Å². The summed E-state index contributed by atoms with van der Waals surface area (Å²) in [5, 5.41) is 23.3. The van der Waals surface area contributed by atoms with E-state index in [2.05, 4.69) is 15.3 Å². The quantitative estimate of drug-likeness (QED) is 0.746. The highest BCUT2D eigenvalue weighted by atomic mass is 16.5. The number of aryl methyl sites for hydroxylation is 1. The van der Waals surface area contributed by atoms with Crippen molar-refractivity contribution in [3.05, 3.63) is 12.1 Å². The summed E-state index contributed by atoms with van der Waals surface area (Å²) in [5.41, 5.74) is 1.06. The van der Waals surface area contributed by atoms with Gasteiger partial charge in [0.1, 0.15) is 11.3 Å². The van der Waals surface area contributed by atoms with Gasteiger partial charge in [-0.2, -0.15) is 0 Å². The van der Waals surface area contributed by atoms with Gasteiger partial charge in [0, 0.05) is 18.5 Å². The zero-order valence-electron chi connectivity index (χ0n) is 10.7. The molecule has 0 unspecified atom stereocenters. The molecule has 2 heterocycles. The molecular formula is C12H12N4O3. The molecule has 0 aliphatic carbocycles. The summed E-state index contributed by atoms with van der Waals surface area (Å²) in [5.74, 6) is 1.06. The van der Waals surface area contributed by atoms with Gasteiger partial charge in [0.25, 0.3) is 0 Å². The van der Waals surface area contributed by atoms with Gasteiger partial charge in [-0.1, -0.05) is 0 Å². The smallest absolute Gasteiger partial charge is 0.240 e. The Morgan fingerprint density at radius 3 is 2.63 bits per heavy atom. The first kappa shape index (κ1) is 11.5. The topological polar surface area (TPSA) is 82.3 Å². The summed E-state index contributed by atoms with van der Waals surface area (Å²) in [7, 11) is 4.80. The van der Waals surface area contributed by atoms with Gasteiger partial charge in [0.15, 0.2) is 11.4 Å². The zero-order valence-corrected chi connectivity index (χ0v) is 10.7. The van der Waals surface area contributed by atoms with Crippen LogP contribution in [0.2, 0.25) is 0 Å². The number of methoxy groups -OCH3 is 2. The third-order valence-corrected chi connectivity index (χ3v) is 3.02. The number of fused-ring (bicyclic) bond motifs is 3. The van der Waals surface area contributed by atoms with E-state index >= 15 is 0 Å². The van der Waals surface area contributed by atoms with E-state index in [1.807, 2.05) is 0 Å². The van der Waals surface area contributed by atoms with Crippen LogP contribution in [-0.4, -0.2) is 39.3 Å². The lowest BCUT2D eigenvalue weighted by molar-refractivity contribution is 0.397. The largest absolute Gasteiger partial charge is 0.497 e. The van der Waals surface area contributed by atoms with E-state index in [0.717, 1.165) is 0 Å². The van der Waals surface area contributed by atoms with Gasteiger partial charge >= 0.3 is 0 Å². The molecule has 0 atom stereocenters. The third kappa shape index (κ3) is 1.55. The third-order valence-electron chi connectivity index (χ3n) is 3.02. The molecule has 1 N–H and O–H groups in total. The Morgan fingerprint density at radius 2 is 1.95 bits per heavy atom. The van der Waals surface area contributed by atoms with Crippen molar-refractivity contribution >= 4 is 21.9 Å². The molecule has 19 heavy (non-hydrogen) atoms. The van der Waals surface area contributed by atoms with Crippen LogP contribution in [-0.2, 0) is 7.05 Å². The van der Waals surface area contributed by atoms with Crippen molar-refractivity contribution in [1.82, 2.24) is 20.0 Å². The maximum absolute atomic E-state index is 9.94. The number of benzene rings is 1. The molecule has 0 radical (unpaired) electrons. The first-order valence-corrected chi connectivity index (χ1v) is 5.59. The Kier molecular flexibility index (Phi) is 2.41. The minimum absolute atomic E-state index is 0.0901. The minimum Gasteiger partial charge on any atom is -0.497 e. The van der Waals surface area contributed by atoms with E-state index < -0.39 is 0 Å². The van der Waals surface area contributed by atoms with Gasteiger partial charge in [-0.25, -0.2) is 4.68 Å². The molecule has 3 aromatic rings. The second-order valence-corrected chi connectivity index (χ2v) is 4.07. The number of ether oxygens (including phenoxy) is 2. The molecule has 0 saturated carbocycles. The number of hydrogen-bond donors (Lipinski definition) is 1. The van der Waals surface area contributed by atoms with E-state index in [0.29, 0.717) is 33.4 Å². The molecule has 0 fully saturated rings. The number of rotatable bonds is 2. The van der Waals surface area contributed by atoms with E-state index in [1.54, 1.807) is 33.4 Å². The minimum atomic E-state index is -0.0901. The lowest BCUT2D eigenvalue weighted by Crippen LogP contribution is -1.96. The number of nitrogens with zero attached hydrogens (tertiary/aromatic N) is 4. The number of aromatic hydroxyl groups is 1. The maximum Gasteiger partial charge on any atom is 0.240 e. The summed E-state index contributed by atoms with van der Waals surface area (Å²) in [6.07, 6.45) is 0. The fourth-order valence-electron chi connectivity index (χ4n) is 2.10. The lowest BCUT2D eigenvalue weighted by atomic mass is 10.1. The lowest BCUT2D eigenvalue weighted by Gasteiger charge is -2.07. The van der Waals surface area contributed by atoms with Crippen molar-refractivity contribution in [3.8, 4) is 17.4 Å². The highest BCUT2D eigenvalue weighted by Gasteiger charge is 2.17. The van der Waals surface area contributed by atoms with Crippen molar-refractivity contribution in [1.29, 1.82) is 0 Å². The summed E-state index contributed by atoms with van der Waals surface area (Å²) in [6, 6.07) is 3.49. The van der Waals surface area contributed by atoms with Crippen molar-refractivity contribution in [3.63, 3.8) is 0 Å². The van der Waals surface area contributed by atoms with Crippen molar-refractivity contribution in [2.24, 2.45) is 7.05 Å². The predicted molar refractivity (Wildman–Crippen MR) is 68.6 cm³/mol. The summed E-state index contributed by atoms with van der Waals surface area (Å²) < 4.78 is 12.0.